The normalized spacial score (nSPS) is 10.1. The summed E-state index contributed by atoms with van der Waals surface area (Å²) in [7, 11) is 3.04. The van der Waals surface area contributed by atoms with E-state index in [0.717, 1.165) is 0 Å². The van der Waals surface area contributed by atoms with Crippen LogP contribution in [-0.2, 0) is 20.7 Å². The minimum Gasteiger partial charge on any atom is -0.497 e. The molecule has 0 heterocycles. The zero-order valence-electron chi connectivity index (χ0n) is 16.1. The Morgan fingerprint density at radius 1 is 0.964 bits per heavy atom. The zero-order valence-corrected chi connectivity index (χ0v) is 16.1. The van der Waals surface area contributed by atoms with Gasteiger partial charge in [0, 0.05) is 29.3 Å². The number of anilines is 1. The molecule has 0 saturated heterocycles. The zero-order chi connectivity index (χ0) is 20.5. The predicted octanol–water partition coefficient (Wildman–Crippen LogP) is 3.02. The molecule has 0 unspecified atom stereocenters. The minimum absolute atomic E-state index is 0.0254. The Hall–Kier alpha value is -3.35. The van der Waals surface area contributed by atoms with Gasteiger partial charge in [0.15, 0.2) is 12.4 Å². The number of Topliss-reactive ketones (excluding diaryl/α,β-unsaturated/α-hetero) is 1. The number of ketones is 1. The second-order valence-electron chi connectivity index (χ2n) is 5.92. The fraction of sp³-hybridized carbons (Fsp3) is 0.286. The highest BCUT2D eigenvalue weighted by molar-refractivity contribution is 5.99. The fourth-order valence-corrected chi connectivity index (χ4v) is 2.42. The smallest absolute Gasteiger partial charge is 0.310 e. The van der Waals surface area contributed by atoms with Gasteiger partial charge in [0.25, 0.3) is 0 Å². The lowest BCUT2D eigenvalue weighted by Gasteiger charge is -2.10. The lowest BCUT2D eigenvalue weighted by Crippen LogP contribution is -2.16. The highest BCUT2D eigenvalue weighted by atomic mass is 16.5. The SMILES string of the molecule is CCC(=O)Nc1ccc(C(=O)COC(=O)Cc2ccc(OC)cc2OC)cc1. The topological polar surface area (TPSA) is 90.9 Å². The Labute approximate surface area is 163 Å². The van der Waals surface area contributed by atoms with E-state index in [2.05, 4.69) is 5.32 Å². The summed E-state index contributed by atoms with van der Waals surface area (Å²) in [4.78, 5) is 35.6. The minimum atomic E-state index is -0.538. The van der Waals surface area contributed by atoms with Crippen LogP contribution in [0.3, 0.4) is 0 Å². The Balaban J connectivity index is 1.90. The van der Waals surface area contributed by atoms with Crippen molar-refractivity contribution in [2.45, 2.75) is 19.8 Å². The first-order chi connectivity index (χ1) is 13.5. The van der Waals surface area contributed by atoms with Gasteiger partial charge in [-0.15, -0.1) is 0 Å². The Bertz CT molecular complexity index is 844. The highest BCUT2D eigenvalue weighted by Gasteiger charge is 2.14. The molecule has 0 aliphatic carbocycles. The number of carbonyl (C=O) groups is 3. The monoisotopic (exact) mass is 385 g/mol. The van der Waals surface area contributed by atoms with Crippen LogP contribution in [0.4, 0.5) is 5.69 Å². The van der Waals surface area contributed by atoms with Crippen molar-refractivity contribution in [1.29, 1.82) is 0 Å². The molecule has 0 spiro atoms. The van der Waals surface area contributed by atoms with Crippen molar-refractivity contribution in [3.63, 3.8) is 0 Å². The summed E-state index contributed by atoms with van der Waals surface area (Å²) >= 11 is 0. The second-order valence-corrected chi connectivity index (χ2v) is 5.92. The van der Waals surface area contributed by atoms with Gasteiger partial charge in [-0.05, 0) is 30.3 Å². The van der Waals surface area contributed by atoms with E-state index in [0.29, 0.717) is 34.7 Å². The van der Waals surface area contributed by atoms with Gasteiger partial charge in [-0.25, -0.2) is 0 Å². The van der Waals surface area contributed by atoms with Gasteiger partial charge in [-0.2, -0.15) is 0 Å². The lowest BCUT2D eigenvalue weighted by molar-refractivity contribution is -0.141. The van der Waals surface area contributed by atoms with Crippen molar-refractivity contribution in [2.75, 3.05) is 26.1 Å². The number of methoxy groups -OCH3 is 2. The standard InChI is InChI=1S/C21H23NO6/c1-4-20(24)22-16-8-5-14(6-9-16)18(23)13-28-21(25)11-15-7-10-17(26-2)12-19(15)27-3/h5-10,12H,4,11,13H2,1-3H3,(H,22,24). The van der Waals surface area contributed by atoms with Crippen molar-refractivity contribution in [3.05, 3.63) is 53.6 Å². The van der Waals surface area contributed by atoms with Crippen molar-refractivity contribution < 1.29 is 28.6 Å². The third kappa shape index (κ3) is 5.84. The van der Waals surface area contributed by atoms with E-state index in [1.807, 2.05) is 0 Å². The maximum absolute atomic E-state index is 12.2. The molecule has 0 atom stereocenters. The average molecular weight is 385 g/mol. The summed E-state index contributed by atoms with van der Waals surface area (Å²) in [5, 5.41) is 2.70. The molecular formula is C21H23NO6. The van der Waals surface area contributed by atoms with Crippen LogP contribution >= 0.6 is 0 Å². The number of rotatable bonds is 9. The average Bonchev–Trinajstić information content (AvgIpc) is 2.72. The number of benzene rings is 2. The molecular weight excluding hydrogens is 362 g/mol. The van der Waals surface area contributed by atoms with E-state index < -0.39 is 5.97 Å². The molecule has 0 aliphatic heterocycles. The van der Waals surface area contributed by atoms with Gasteiger partial charge >= 0.3 is 5.97 Å². The number of nitrogens with one attached hydrogen (secondary N) is 1. The van der Waals surface area contributed by atoms with Crippen LogP contribution < -0.4 is 14.8 Å². The second kappa shape index (κ2) is 10.1. The van der Waals surface area contributed by atoms with Gasteiger partial charge in [-0.3, -0.25) is 14.4 Å². The van der Waals surface area contributed by atoms with Crippen molar-refractivity contribution in [2.24, 2.45) is 0 Å². The molecule has 0 fully saturated rings. The van der Waals surface area contributed by atoms with Gasteiger partial charge in [0.2, 0.25) is 5.91 Å². The summed E-state index contributed by atoms with van der Waals surface area (Å²) in [5.74, 6) is 0.143. The van der Waals surface area contributed by atoms with E-state index in [4.69, 9.17) is 14.2 Å². The van der Waals surface area contributed by atoms with E-state index in [-0.39, 0.29) is 24.7 Å². The van der Waals surface area contributed by atoms with E-state index >= 15 is 0 Å². The Kier molecular flexibility index (Phi) is 7.56. The third-order valence-electron chi connectivity index (χ3n) is 4.01. The lowest BCUT2D eigenvalue weighted by atomic mass is 10.1. The van der Waals surface area contributed by atoms with E-state index in [9.17, 15) is 14.4 Å². The number of hydrogen-bond donors (Lipinski definition) is 1. The molecule has 1 N–H and O–H groups in total. The van der Waals surface area contributed by atoms with Crippen molar-refractivity contribution >= 4 is 23.3 Å². The molecule has 28 heavy (non-hydrogen) atoms. The van der Waals surface area contributed by atoms with Crippen LogP contribution in [0.25, 0.3) is 0 Å². The first kappa shape index (κ1) is 21.0. The molecule has 0 bridgehead atoms. The number of esters is 1. The fourth-order valence-electron chi connectivity index (χ4n) is 2.42. The molecule has 2 rings (SSSR count). The molecule has 2 aromatic rings. The maximum atomic E-state index is 12.2. The molecule has 0 saturated carbocycles. The molecule has 7 heteroatoms. The van der Waals surface area contributed by atoms with Gasteiger partial charge < -0.3 is 19.5 Å². The number of amides is 1. The van der Waals surface area contributed by atoms with Crippen LogP contribution in [-0.4, -0.2) is 38.5 Å². The van der Waals surface area contributed by atoms with Crippen LogP contribution in [0, 0.1) is 0 Å². The number of ether oxygens (including phenoxy) is 3. The number of carbonyl (C=O) groups excluding carboxylic acids is 3. The summed E-state index contributed by atoms with van der Waals surface area (Å²) in [6, 6.07) is 11.5. The maximum Gasteiger partial charge on any atom is 0.310 e. The first-order valence-electron chi connectivity index (χ1n) is 8.76. The quantitative estimate of drug-likeness (QED) is 0.527. The van der Waals surface area contributed by atoms with Crippen LogP contribution in [0.2, 0.25) is 0 Å². The summed E-state index contributed by atoms with van der Waals surface area (Å²) in [5.41, 5.74) is 1.63. The summed E-state index contributed by atoms with van der Waals surface area (Å²) < 4.78 is 15.4. The van der Waals surface area contributed by atoms with Gasteiger partial charge in [0.1, 0.15) is 11.5 Å². The first-order valence-corrected chi connectivity index (χ1v) is 8.76. The third-order valence-corrected chi connectivity index (χ3v) is 4.01. The van der Waals surface area contributed by atoms with E-state index in [1.54, 1.807) is 56.5 Å². The molecule has 0 radical (unpaired) electrons. The van der Waals surface area contributed by atoms with Gasteiger partial charge in [0.05, 0.1) is 20.6 Å². The predicted molar refractivity (Wildman–Crippen MR) is 104 cm³/mol. The molecule has 7 nitrogen and oxygen atoms in total. The van der Waals surface area contributed by atoms with Crippen molar-refractivity contribution in [1.82, 2.24) is 0 Å². The Morgan fingerprint density at radius 2 is 1.68 bits per heavy atom. The van der Waals surface area contributed by atoms with Crippen LogP contribution in [0.1, 0.15) is 29.3 Å². The molecule has 0 aliphatic rings. The summed E-state index contributed by atoms with van der Waals surface area (Å²) in [6.45, 7) is 1.39. The largest absolute Gasteiger partial charge is 0.497 e. The van der Waals surface area contributed by atoms with Crippen LogP contribution in [0.15, 0.2) is 42.5 Å². The Morgan fingerprint density at radius 3 is 2.29 bits per heavy atom. The van der Waals surface area contributed by atoms with E-state index in [1.165, 1.54) is 7.11 Å². The number of hydrogen-bond acceptors (Lipinski definition) is 6. The van der Waals surface area contributed by atoms with Crippen molar-refractivity contribution in [3.8, 4) is 11.5 Å². The highest BCUT2D eigenvalue weighted by Crippen LogP contribution is 2.25. The van der Waals surface area contributed by atoms with Gasteiger partial charge in [-0.1, -0.05) is 13.0 Å². The molecule has 2 aromatic carbocycles. The molecule has 0 aromatic heterocycles. The summed E-state index contributed by atoms with van der Waals surface area (Å²) in [6.07, 6.45) is 0.345. The van der Waals surface area contributed by atoms with Crippen LogP contribution in [0.5, 0.6) is 11.5 Å². The molecule has 1 amide bonds. The molecule has 148 valence electrons.